The number of rotatable bonds is 5. The van der Waals surface area contributed by atoms with Crippen LogP contribution in [-0.4, -0.2) is 38.5 Å². The van der Waals surface area contributed by atoms with E-state index >= 15 is 0 Å². The number of nitrogens with zero attached hydrogens (tertiary/aromatic N) is 2. The highest BCUT2D eigenvalue weighted by atomic mass is 32.1. The van der Waals surface area contributed by atoms with Crippen LogP contribution in [0.2, 0.25) is 0 Å². The molecule has 38 heavy (non-hydrogen) atoms. The van der Waals surface area contributed by atoms with Crippen LogP contribution in [0.4, 0.5) is 11.4 Å². The van der Waals surface area contributed by atoms with E-state index in [1.54, 1.807) is 22.7 Å². The minimum atomic E-state index is -0.856. The van der Waals surface area contributed by atoms with E-state index < -0.39 is 18.1 Å². The fourth-order valence-corrected chi connectivity index (χ4v) is 8.23. The molecule has 1 saturated carbocycles. The summed E-state index contributed by atoms with van der Waals surface area (Å²) in [4.78, 5) is 8.82. The van der Waals surface area contributed by atoms with Gasteiger partial charge in [-0.25, -0.2) is 0 Å². The van der Waals surface area contributed by atoms with Crippen LogP contribution < -0.4 is 14.9 Å². The SMILES string of the molecule is CN(C)c1ccc(-c2ccc(-c3ccc(C4C([O-])C(C=C5N(C)c6ccccc6C5(C)C)C4O)s3)s2)cc1. The maximum Gasteiger partial charge on any atom is 0.0659 e. The fourth-order valence-electron chi connectivity index (χ4n) is 5.94. The minimum Gasteiger partial charge on any atom is -0.851 e. The molecule has 4 nitrogen and oxygen atoms in total. The van der Waals surface area contributed by atoms with Crippen molar-refractivity contribution < 1.29 is 10.2 Å². The second kappa shape index (κ2) is 9.38. The highest BCUT2D eigenvalue weighted by Gasteiger charge is 2.46. The minimum absolute atomic E-state index is 0.199. The molecule has 4 atom stereocenters. The van der Waals surface area contributed by atoms with Crippen molar-refractivity contribution in [3.8, 4) is 20.2 Å². The predicted octanol–water partition coefficient (Wildman–Crippen LogP) is 6.32. The Hall–Kier alpha value is -2.90. The molecule has 0 amide bonds. The van der Waals surface area contributed by atoms with Crippen LogP contribution in [0.15, 0.2) is 84.6 Å². The summed E-state index contributed by atoms with van der Waals surface area (Å²) in [5.41, 5.74) is 5.71. The molecule has 0 saturated heterocycles. The molecule has 1 aliphatic carbocycles. The molecule has 4 unspecified atom stereocenters. The molecule has 4 aromatic rings. The molecule has 2 aromatic carbocycles. The molecule has 2 aliphatic rings. The van der Waals surface area contributed by atoms with Gasteiger partial charge in [0.2, 0.25) is 0 Å². The highest BCUT2D eigenvalue weighted by molar-refractivity contribution is 7.23. The molecule has 0 radical (unpaired) electrons. The molecule has 0 spiro atoms. The third-order valence-corrected chi connectivity index (χ3v) is 10.8. The van der Waals surface area contributed by atoms with Gasteiger partial charge in [0.15, 0.2) is 0 Å². The summed E-state index contributed by atoms with van der Waals surface area (Å²) in [6.45, 7) is 4.39. The first-order valence-electron chi connectivity index (χ1n) is 13.0. The summed E-state index contributed by atoms with van der Waals surface area (Å²) in [7, 11) is 6.15. The van der Waals surface area contributed by atoms with Gasteiger partial charge >= 0.3 is 0 Å². The Kier molecular flexibility index (Phi) is 6.27. The van der Waals surface area contributed by atoms with Crippen LogP contribution in [-0.2, 0) is 5.41 Å². The van der Waals surface area contributed by atoms with Crippen molar-refractivity contribution in [2.75, 3.05) is 30.9 Å². The summed E-state index contributed by atoms with van der Waals surface area (Å²) in [5, 5.41) is 24.6. The summed E-state index contributed by atoms with van der Waals surface area (Å²) in [6.07, 6.45) is 0.519. The lowest BCUT2D eigenvalue weighted by Gasteiger charge is -2.53. The van der Waals surface area contributed by atoms with Crippen LogP contribution in [0, 0.1) is 5.92 Å². The molecule has 1 fully saturated rings. The van der Waals surface area contributed by atoms with Crippen LogP contribution in [0.3, 0.4) is 0 Å². The van der Waals surface area contributed by atoms with Gasteiger partial charge in [0.05, 0.1) is 6.10 Å². The molecule has 196 valence electrons. The van der Waals surface area contributed by atoms with Crippen molar-refractivity contribution in [2.45, 2.75) is 37.4 Å². The van der Waals surface area contributed by atoms with Crippen LogP contribution in [0.5, 0.6) is 0 Å². The van der Waals surface area contributed by atoms with Crippen LogP contribution in [0.1, 0.15) is 30.2 Å². The van der Waals surface area contributed by atoms with Gasteiger partial charge in [-0.05, 0) is 59.5 Å². The average Bonchev–Trinajstić information content (AvgIpc) is 3.62. The largest absolute Gasteiger partial charge is 0.851 e. The van der Waals surface area contributed by atoms with Crippen molar-refractivity contribution in [3.63, 3.8) is 0 Å². The van der Waals surface area contributed by atoms with Crippen molar-refractivity contribution in [3.05, 3.63) is 95.0 Å². The Balaban J connectivity index is 1.19. The van der Waals surface area contributed by atoms with E-state index in [0.29, 0.717) is 0 Å². The van der Waals surface area contributed by atoms with Gasteiger partial charge in [0.25, 0.3) is 0 Å². The lowest BCUT2D eigenvalue weighted by molar-refractivity contribution is -0.467. The molecular formula is C32H33N2O2S2-. The Morgan fingerprint density at radius 3 is 2.24 bits per heavy atom. The Morgan fingerprint density at radius 2 is 1.55 bits per heavy atom. The molecule has 2 aromatic heterocycles. The second-order valence-electron chi connectivity index (χ2n) is 11.1. The van der Waals surface area contributed by atoms with Gasteiger partial charge in [-0.2, -0.15) is 0 Å². The van der Waals surface area contributed by atoms with Crippen LogP contribution >= 0.6 is 22.7 Å². The smallest absolute Gasteiger partial charge is 0.0659 e. The van der Waals surface area contributed by atoms with E-state index in [1.165, 1.54) is 32.3 Å². The number of benzene rings is 2. The number of anilines is 2. The lowest BCUT2D eigenvalue weighted by atomic mass is 9.67. The number of hydrogen-bond donors (Lipinski definition) is 1. The first-order chi connectivity index (χ1) is 18.2. The maximum absolute atomic E-state index is 13.4. The zero-order chi connectivity index (χ0) is 26.8. The number of aliphatic hydroxyl groups is 1. The number of allylic oxidation sites excluding steroid dienone is 1. The summed E-state index contributed by atoms with van der Waals surface area (Å²) in [6, 6.07) is 25.4. The summed E-state index contributed by atoms with van der Waals surface area (Å²) < 4.78 is 0. The number of fused-ring (bicyclic) bond motifs is 1. The Morgan fingerprint density at radius 1 is 0.895 bits per heavy atom. The van der Waals surface area contributed by atoms with Crippen molar-refractivity contribution in [1.29, 1.82) is 0 Å². The van der Waals surface area contributed by atoms with E-state index in [-0.39, 0.29) is 11.3 Å². The molecule has 1 aliphatic heterocycles. The maximum atomic E-state index is 13.4. The van der Waals surface area contributed by atoms with Crippen molar-refractivity contribution in [2.24, 2.45) is 5.92 Å². The zero-order valence-electron chi connectivity index (χ0n) is 22.4. The molecule has 0 bridgehead atoms. The van der Waals surface area contributed by atoms with Gasteiger partial charge in [-0.3, -0.25) is 0 Å². The second-order valence-corrected chi connectivity index (χ2v) is 13.3. The summed E-state index contributed by atoms with van der Waals surface area (Å²) >= 11 is 3.40. The fraction of sp³-hybridized carbons (Fsp3) is 0.312. The van der Waals surface area contributed by atoms with E-state index in [1.807, 2.05) is 32.3 Å². The van der Waals surface area contributed by atoms with Gasteiger partial charge in [0, 0.05) is 69.1 Å². The summed E-state index contributed by atoms with van der Waals surface area (Å²) in [5.74, 6) is -0.763. The molecule has 1 N–H and O–H groups in total. The van der Waals surface area contributed by atoms with E-state index in [4.69, 9.17) is 0 Å². The van der Waals surface area contributed by atoms with Gasteiger partial charge in [-0.15, -0.1) is 28.8 Å². The third kappa shape index (κ3) is 4.02. The standard InChI is InChI=1S/C32H33N2O2S2/c1-32(2)22-8-6-7-9-23(22)34(5)28(32)18-21-30(35)29(31(21)36)27-17-16-26(38-27)25-15-14-24(37-25)19-10-12-20(13-11-19)33(3)4/h6-18,21,29-31,35H,1-5H3/q-1. The Bertz CT molecular complexity index is 1490. The quantitative estimate of drug-likeness (QED) is 0.321. The topological polar surface area (TPSA) is 49.8 Å². The lowest BCUT2D eigenvalue weighted by Crippen LogP contribution is -2.59. The first-order valence-corrected chi connectivity index (χ1v) is 14.7. The van der Waals surface area contributed by atoms with E-state index in [0.717, 1.165) is 15.5 Å². The van der Waals surface area contributed by atoms with E-state index in [2.05, 4.69) is 91.4 Å². The van der Waals surface area contributed by atoms with E-state index in [9.17, 15) is 10.2 Å². The van der Waals surface area contributed by atoms with Gasteiger partial charge < -0.3 is 20.0 Å². The predicted molar refractivity (Wildman–Crippen MR) is 159 cm³/mol. The first kappa shape index (κ1) is 25.4. The van der Waals surface area contributed by atoms with Crippen molar-refractivity contribution in [1.82, 2.24) is 0 Å². The van der Waals surface area contributed by atoms with Crippen molar-refractivity contribution >= 4 is 34.0 Å². The van der Waals surface area contributed by atoms with Gasteiger partial charge in [-0.1, -0.05) is 50.3 Å². The zero-order valence-corrected chi connectivity index (χ0v) is 24.0. The normalized spacial score (nSPS) is 24.9. The molecular weight excluding hydrogens is 508 g/mol. The van der Waals surface area contributed by atoms with Gasteiger partial charge in [0.1, 0.15) is 0 Å². The molecule has 6 heteroatoms. The molecule has 6 rings (SSSR count). The number of para-hydroxylation sites is 1. The number of hydrogen-bond acceptors (Lipinski definition) is 6. The highest BCUT2D eigenvalue weighted by Crippen LogP contribution is 2.51. The molecule has 3 heterocycles. The number of likely N-dealkylation sites (N-methyl/N-ethyl adjacent to an activating group) is 1. The number of aliphatic hydroxyl groups excluding tert-OH is 1. The average molecular weight is 542 g/mol. The Labute approximate surface area is 233 Å². The third-order valence-electron chi connectivity index (χ3n) is 8.26. The van der Waals surface area contributed by atoms with Crippen LogP contribution in [0.25, 0.3) is 20.2 Å². The number of thiophene rings is 2. The monoisotopic (exact) mass is 541 g/mol.